The van der Waals surface area contributed by atoms with Gasteiger partial charge in [0.15, 0.2) is 11.5 Å². The Morgan fingerprint density at radius 1 is 1.14 bits per heavy atom. The van der Waals surface area contributed by atoms with Gasteiger partial charge in [-0.1, -0.05) is 6.07 Å². The molecule has 3 heteroatoms. The summed E-state index contributed by atoms with van der Waals surface area (Å²) >= 11 is 0. The number of hydrogen-bond donors (Lipinski definition) is 0. The quantitative estimate of drug-likeness (QED) is 0.634. The summed E-state index contributed by atoms with van der Waals surface area (Å²) in [5.41, 5.74) is 1.96. The lowest BCUT2D eigenvalue weighted by atomic mass is 10.2. The highest BCUT2D eigenvalue weighted by molar-refractivity contribution is 5.83. The van der Waals surface area contributed by atoms with Gasteiger partial charge in [0.25, 0.3) is 0 Å². The van der Waals surface area contributed by atoms with Crippen LogP contribution in [0.25, 0.3) is 10.9 Å². The zero-order valence-corrected chi connectivity index (χ0v) is 7.78. The van der Waals surface area contributed by atoms with Crippen LogP contribution in [-0.4, -0.2) is 11.8 Å². The first-order chi connectivity index (χ1) is 6.83. The second kappa shape index (κ2) is 2.61. The van der Waals surface area contributed by atoms with E-state index in [4.69, 9.17) is 9.47 Å². The van der Waals surface area contributed by atoms with E-state index in [1.165, 1.54) is 0 Å². The first-order valence-corrected chi connectivity index (χ1v) is 4.50. The number of rotatable bonds is 0. The zero-order valence-electron chi connectivity index (χ0n) is 7.78. The van der Waals surface area contributed by atoms with Crippen molar-refractivity contribution >= 4 is 10.9 Å². The molecule has 1 aliphatic rings. The van der Waals surface area contributed by atoms with E-state index in [2.05, 4.69) is 4.98 Å². The average Bonchev–Trinajstić information content (AvgIpc) is 2.61. The van der Waals surface area contributed by atoms with Crippen LogP contribution >= 0.6 is 0 Å². The minimum atomic E-state index is 0.310. The molecule has 1 aliphatic heterocycles. The van der Waals surface area contributed by atoms with E-state index in [1.54, 1.807) is 0 Å². The molecule has 0 bridgehead atoms. The van der Waals surface area contributed by atoms with Crippen molar-refractivity contribution in [1.82, 2.24) is 4.98 Å². The van der Waals surface area contributed by atoms with Crippen molar-refractivity contribution in [1.29, 1.82) is 0 Å². The zero-order chi connectivity index (χ0) is 9.54. The fourth-order valence-electron chi connectivity index (χ4n) is 1.61. The van der Waals surface area contributed by atoms with Crippen molar-refractivity contribution in [3.8, 4) is 11.5 Å². The van der Waals surface area contributed by atoms with E-state index in [1.807, 2.05) is 31.2 Å². The summed E-state index contributed by atoms with van der Waals surface area (Å²) in [6, 6.07) is 7.92. The number of aromatic nitrogens is 1. The summed E-state index contributed by atoms with van der Waals surface area (Å²) in [6.07, 6.45) is 0. The molecule has 0 saturated carbocycles. The summed E-state index contributed by atoms with van der Waals surface area (Å²) in [5, 5.41) is 1.08. The Kier molecular flexibility index (Phi) is 1.42. The fourth-order valence-corrected chi connectivity index (χ4v) is 1.61. The molecule has 0 spiro atoms. The molecule has 0 fully saturated rings. The minimum Gasteiger partial charge on any atom is -0.454 e. The standard InChI is InChI=1S/C11H9NO2/c1-7-2-3-8-4-10-11(14-6-13-10)5-9(8)12-7/h2-5H,6H2,1H3. The predicted octanol–water partition coefficient (Wildman–Crippen LogP) is 2.27. The normalized spacial score (nSPS) is 13.5. The number of nitrogens with zero attached hydrogens (tertiary/aromatic N) is 1. The third-order valence-corrected chi connectivity index (χ3v) is 2.32. The molecule has 1 aromatic carbocycles. The van der Waals surface area contributed by atoms with Crippen LogP contribution in [0.15, 0.2) is 24.3 Å². The summed E-state index contributed by atoms with van der Waals surface area (Å²) in [7, 11) is 0. The molecule has 1 aromatic heterocycles. The highest BCUT2D eigenvalue weighted by Crippen LogP contribution is 2.35. The first-order valence-electron chi connectivity index (χ1n) is 4.50. The highest BCUT2D eigenvalue weighted by Gasteiger charge is 2.14. The maximum atomic E-state index is 5.29. The van der Waals surface area contributed by atoms with Crippen molar-refractivity contribution in [2.45, 2.75) is 6.92 Å². The molecule has 70 valence electrons. The highest BCUT2D eigenvalue weighted by atomic mass is 16.7. The van der Waals surface area contributed by atoms with Gasteiger partial charge in [-0.25, -0.2) is 0 Å². The Morgan fingerprint density at radius 3 is 2.79 bits per heavy atom. The van der Waals surface area contributed by atoms with Gasteiger partial charge in [-0.15, -0.1) is 0 Å². The van der Waals surface area contributed by atoms with E-state index >= 15 is 0 Å². The van der Waals surface area contributed by atoms with Gasteiger partial charge in [0.2, 0.25) is 6.79 Å². The molecule has 0 aliphatic carbocycles. The van der Waals surface area contributed by atoms with Gasteiger partial charge in [-0.05, 0) is 19.1 Å². The van der Waals surface area contributed by atoms with Crippen LogP contribution in [0.5, 0.6) is 11.5 Å². The number of ether oxygens (including phenoxy) is 2. The molecule has 0 saturated heterocycles. The van der Waals surface area contributed by atoms with E-state index < -0.39 is 0 Å². The molecular weight excluding hydrogens is 178 g/mol. The first kappa shape index (κ1) is 7.62. The molecular formula is C11H9NO2. The van der Waals surface area contributed by atoms with Crippen molar-refractivity contribution in [3.05, 3.63) is 30.0 Å². The number of benzene rings is 1. The second-order valence-electron chi connectivity index (χ2n) is 3.35. The van der Waals surface area contributed by atoms with Gasteiger partial charge in [-0.3, -0.25) is 4.98 Å². The number of pyridine rings is 1. The van der Waals surface area contributed by atoms with E-state index in [-0.39, 0.29) is 0 Å². The van der Waals surface area contributed by atoms with Crippen molar-refractivity contribution < 1.29 is 9.47 Å². The van der Waals surface area contributed by atoms with Gasteiger partial charge in [0.1, 0.15) is 0 Å². The molecule has 0 atom stereocenters. The average molecular weight is 187 g/mol. The van der Waals surface area contributed by atoms with Crippen LogP contribution in [-0.2, 0) is 0 Å². The van der Waals surface area contributed by atoms with Crippen molar-refractivity contribution in [2.24, 2.45) is 0 Å². The van der Waals surface area contributed by atoms with Crippen LogP contribution in [0.1, 0.15) is 5.69 Å². The predicted molar refractivity (Wildman–Crippen MR) is 52.6 cm³/mol. The molecule has 2 aromatic rings. The lowest BCUT2D eigenvalue weighted by Crippen LogP contribution is -1.92. The van der Waals surface area contributed by atoms with Crippen LogP contribution in [0.2, 0.25) is 0 Å². The van der Waals surface area contributed by atoms with Crippen molar-refractivity contribution in [3.63, 3.8) is 0 Å². The minimum absolute atomic E-state index is 0.310. The van der Waals surface area contributed by atoms with E-state index in [0.29, 0.717) is 6.79 Å². The van der Waals surface area contributed by atoms with Crippen LogP contribution in [0, 0.1) is 6.92 Å². The molecule has 0 amide bonds. The van der Waals surface area contributed by atoms with E-state index in [0.717, 1.165) is 28.1 Å². The van der Waals surface area contributed by atoms with Crippen LogP contribution < -0.4 is 9.47 Å². The SMILES string of the molecule is Cc1ccc2cc3c(cc2n1)OCO3. The topological polar surface area (TPSA) is 31.4 Å². The summed E-state index contributed by atoms with van der Waals surface area (Å²) in [5.74, 6) is 1.60. The largest absolute Gasteiger partial charge is 0.454 e. The maximum Gasteiger partial charge on any atom is 0.231 e. The Labute approximate surface area is 81.3 Å². The summed E-state index contributed by atoms with van der Waals surface area (Å²) < 4.78 is 10.6. The van der Waals surface area contributed by atoms with Gasteiger partial charge < -0.3 is 9.47 Å². The van der Waals surface area contributed by atoms with Gasteiger partial charge in [0.05, 0.1) is 5.52 Å². The van der Waals surface area contributed by atoms with Crippen LogP contribution in [0.4, 0.5) is 0 Å². The smallest absolute Gasteiger partial charge is 0.231 e. The summed E-state index contributed by atoms with van der Waals surface area (Å²) in [6.45, 7) is 2.29. The Bertz CT molecular complexity index is 508. The molecule has 3 rings (SSSR count). The third-order valence-electron chi connectivity index (χ3n) is 2.32. The molecule has 0 unspecified atom stereocenters. The Hall–Kier alpha value is -1.77. The van der Waals surface area contributed by atoms with Gasteiger partial charge in [-0.2, -0.15) is 0 Å². The van der Waals surface area contributed by atoms with Crippen molar-refractivity contribution in [2.75, 3.05) is 6.79 Å². The molecule has 0 N–H and O–H groups in total. The van der Waals surface area contributed by atoms with Gasteiger partial charge in [0, 0.05) is 17.1 Å². The monoisotopic (exact) mass is 187 g/mol. The van der Waals surface area contributed by atoms with E-state index in [9.17, 15) is 0 Å². The molecule has 3 nitrogen and oxygen atoms in total. The lowest BCUT2D eigenvalue weighted by Gasteiger charge is -2.00. The molecule has 0 radical (unpaired) electrons. The third kappa shape index (κ3) is 1.02. The lowest BCUT2D eigenvalue weighted by molar-refractivity contribution is 0.174. The molecule has 14 heavy (non-hydrogen) atoms. The number of aryl methyl sites for hydroxylation is 1. The maximum absolute atomic E-state index is 5.29. The summed E-state index contributed by atoms with van der Waals surface area (Å²) in [4.78, 5) is 4.42. The molecule has 2 heterocycles. The number of fused-ring (bicyclic) bond motifs is 2. The number of hydrogen-bond acceptors (Lipinski definition) is 3. The Morgan fingerprint density at radius 2 is 1.93 bits per heavy atom. The second-order valence-corrected chi connectivity index (χ2v) is 3.35. The fraction of sp³-hybridized carbons (Fsp3) is 0.182. The Balaban J connectivity index is 2.33. The van der Waals surface area contributed by atoms with Gasteiger partial charge >= 0.3 is 0 Å². The van der Waals surface area contributed by atoms with Crippen LogP contribution in [0.3, 0.4) is 0 Å².